The molecule has 0 saturated carbocycles. The molecule has 1 unspecified atom stereocenters. The minimum Gasteiger partial charge on any atom is -0.496 e. The van der Waals surface area contributed by atoms with E-state index in [4.69, 9.17) is 26.8 Å². The number of methoxy groups -OCH3 is 2. The number of nitrogens with one attached hydrogen (secondary N) is 2. The molecule has 0 aliphatic heterocycles. The zero-order valence-electron chi connectivity index (χ0n) is 15.1. The number of urea groups is 1. The molecule has 3 amide bonds. The van der Waals surface area contributed by atoms with Gasteiger partial charge in [-0.3, -0.25) is 4.79 Å². The largest absolute Gasteiger partial charge is 0.496 e. The predicted molar refractivity (Wildman–Crippen MR) is 105 cm³/mol. The summed E-state index contributed by atoms with van der Waals surface area (Å²) in [6.07, 6.45) is 0. The monoisotopic (exact) mass is 447 g/mol. The fraction of sp³-hybridized carbons (Fsp3) is 0.250. The van der Waals surface area contributed by atoms with Crippen LogP contribution in [0.15, 0.2) is 28.5 Å². The van der Waals surface area contributed by atoms with Gasteiger partial charge in [-0.2, -0.15) is 0 Å². The van der Waals surface area contributed by atoms with Crippen molar-refractivity contribution in [2.45, 2.75) is 17.2 Å². The fourth-order valence-corrected chi connectivity index (χ4v) is 4.95. The van der Waals surface area contributed by atoms with Crippen LogP contribution in [0.25, 0.3) is 0 Å². The molecule has 4 N–H and O–H groups in total. The number of rotatable bonds is 7. The topological polar surface area (TPSA) is 137 Å². The second-order valence-corrected chi connectivity index (χ2v) is 8.91. The van der Waals surface area contributed by atoms with E-state index in [2.05, 4.69) is 5.32 Å². The third-order valence-corrected chi connectivity index (χ3v) is 6.96. The van der Waals surface area contributed by atoms with Crippen LogP contribution in [0.1, 0.15) is 28.2 Å². The van der Waals surface area contributed by atoms with Gasteiger partial charge in [0.1, 0.15) is 5.75 Å². The number of amides is 3. The first-order valence-corrected chi connectivity index (χ1v) is 10.4. The van der Waals surface area contributed by atoms with Gasteiger partial charge in [0, 0.05) is 9.90 Å². The maximum Gasteiger partial charge on any atom is 0.326 e. The Kier molecular flexibility index (Phi) is 6.75. The first kappa shape index (κ1) is 21.8. The Morgan fingerprint density at radius 3 is 2.39 bits per heavy atom. The smallest absolute Gasteiger partial charge is 0.326 e. The van der Waals surface area contributed by atoms with Crippen LogP contribution in [0.4, 0.5) is 4.79 Å². The zero-order chi connectivity index (χ0) is 21.1. The van der Waals surface area contributed by atoms with Gasteiger partial charge in [0.15, 0.2) is 9.96 Å². The maximum absolute atomic E-state index is 12.6. The van der Waals surface area contributed by atoms with Crippen molar-refractivity contribution in [3.63, 3.8) is 0 Å². The van der Waals surface area contributed by atoms with E-state index >= 15 is 0 Å². The van der Waals surface area contributed by atoms with E-state index in [1.54, 1.807) is 23.8 Å². The number of primary amides is 1. The molecule has 2 aromatic rings. The molecular formula is C16H18ClN3O6S2. The van der Waals surface area contributed by atoms with Crippen molar-refractivity contribution < 1.29 is 27.5 Å². The van der Waals surface area contributed by atoms with Gasteiger partial charge in [-0.25, -0.2) is 17.9 Å². The van der Waals surface area contributed by atoms with Crippen molar-refractivity contribution >= 4 is 44.9 Å². The highest BCUT2D eigenvalue weighted by atomic mass is 35.5. The van der Waals surface area contributed by atoms with Gasteiger partial charge in [0.2, 0.25) is 0 Å². The van der Waals surface area contributed by atoms with Gasteiger partial charge in [-0.05, 0) is 31.2 Å². The number of sulfonamides is 1. The molecule has 12 heteroatoms. The Labute approximate surface area is 170 Å². The number of thiophene rings is 1. The lowest BCUT2D eigenvalue weighted by molar-refractivity contribution is 0.0937. The highest BCUT2D eigenvalue weighted by molar-refractivity contribution is 7.92. The number of carbonyl (C=O) groups is 2. The molecule has 0 aliphatic rings. The molecule has 1 heterocycles. The number of nitrogens with two attached hydrogens (primary N) is 1. The van der Waals surface area contributed by atoms with E-state index in [1.807, 2.05) is 0 Å². The summed E-state index contributed by atoms with van der Waals surface area (Å²) in [5.41, 5.74) is 5.13. The molecule has 0 aliphatic carbocycles. The number of halogens is 1. The molecule has 1 aromatic heterocycles. The summed E-state index contributed by atoms with van der Waals surface area (Å²) >= 11 is 6.78. The first-order valence-electron chi connectivity index (χ1n) is 7.73. The summed E-state index contributed by atoms with van der Waals surface area (Å²) in [6.45, 7) is 1.66. The lowest BCUT2D eigenvalue weighted by Gasteiger charge is -2.14. The molecule has 152 valence electrons. The first-order chi connectivity index (χ1) is 13.1. The summed E-state index contributed by atoms with van der Waals surface area (Å²) in [7, 11) is -1.48. The van der Waals surface area contributed by atoms with E-state index in [0.29, 0.717) is 15.6 Å². The van der Waals surface area contributed by atoms with Gasteiger partial charge >= 0.3 is 6.03 Å². The van der Waals surface area contributed by atoms with E-state index < -0.39 is 28.0 Å². The van der Waals surface area contributed by atoms with E-state index in [9.17, 15) is 18.0 Å². The molecule has 0 spiro atoms. The molecule has 2 rings (SSSR count). The number of ether oxygens (including phenoxy) is 2. The summed E-state index contributed by atoms with van der Waals surface area (Å²) in [4.78, 5) is 24.0. The van der Waals surface area contributed by atoms with Crippen molar-refractivity contribution in [1.82, 2.24) is 10.0 Å². The van der Waals surface area contributed by atoms with Gasteiger partial charge in [0.05, 0.1) is 25.8 Å². The van der Waals surface area contributed by atoms with Crippen LogP contribution in [-0.4, -0.2) is 34.6 Å². The summed E-state index contributed by atoms with van der Waals surface area (Å²) in [5.74, 6) is -0.0964. The molecule has 9 nitrogen and oxygen atoms in total. The summed E-state index contributed by atoms with van der Waals surface area (Å²) in [6, 6.07) is 4.29. The average molecular weight is 448 g/mol. The van der Waals surface area contributed by atoms with Crippen molar-refractivity contribution in [1.29, 1.82) is 0 Å². The van der Waals surface area contributed by atoms with Crippen molar-refractivity contribution in [3.05, 3.63) is 39.7 Å². The van der Waals surface area contributed by atoms with E-state index in [1.165, 1.54) is 26.4 Å². The summed E-state index contributed by atoms with van der Waals surface area (Å²) in [5, 5.41) is 3.10. The minimum atomic E-state index is -4.19. The van der Waals surface area contributed by atoms with Crippen LogP contribution >= 0.6 is 22.9 Å². The third-order valence-electron chi connectivity index (χ3n) is 3.56. The Hall–Kier alpha value is -2.50. The molecule has 1 atom stereocenters. The normalized spacial score (nSPS) is 12.1. The average Bonchev–Trinajstić information content (AvgIpc) is 3.06. The van der Waals surface area contributed by atoms with Crippen LogP contribution < -0.4 is 25.2 Å². The van der Waals surface area contributed by atoms with Gasteiger partial charge in [-0.15, -0.1) is 11.3 Å². The van der Waals surface area contributed by atoms with Crippen LogP contribution in [0.2, 0.25) is 5.02 Å². The van der Waals surface area contributed by atoms with Crippen LogP contribution in [-0.2, 0) is 10.0 Å². The van der Waals surface area contributed by atoms with Crippen LogP contribution in [0.5, 0.6) is 11.5 Å². The third kappa shape index (κ3) is 4.86. The van der Waals surface area contributed by atoms with Crippen molar-refractivity contribution in [3.8, 4) is 11.5 Å². The molecule has 1 aromatic carbocycles. The molecule has 0 fully saturated rings. The number of hydrogen-bond donors (Lipinski definition) is 3. The molecule has 0 saturated heterocycles. The van der Waals surface area contributed by atoms with Gasteiger partial charge < -0.3 is 20.5 Å². The second kappa shape index (κ2) is 8.67. The maximum atomic E-state index is 12.6. The fourth-order valence-electron chi connectivity index (χ4n) is 2.30. The van der Waals surface area contributed by atoms with Crippen molar-refractivity contribution in [2.24, 2.45) is 5.73 Å². The number of hydrogen-bond acceptors (Lipinski definition) is 7. The van der Waals surface area contributed by atoms with Crippen molar-refractivity contribution in [2.75, 3.05) is 14.2 Å². The standard InChI is InChI=1S/C16H18ClN3O6S2/c1-8(19-14(21)10-6-9(17)4-5-11(10)25-2)13-7-12(26-3)15(27-13)28(23,24)20-16(18)22/h4-8H,1-3H3,(H,19,21)(H3,18,20,22). The van der Waals surface area contributed by atoms with E-state index in [-0.39, 0.29) is 15.5 Å². The van der Waals surface area contributed by atoms with Crippen LogP contribution in [0, 0.1) is 0 Å². The lowest BCUT2D eigenvalue weighted by atomic mass is 10.1. The van der Waals surface area contributed by atoms with Gasteiger partial charge in [-0.1, -0.05) is 11.6 Å². The Morgan fingerprint density at radius 1 is 1.18 bits per heavy atom. The Morgan fingerprint density at radius 2 is 1.82 bits per heavy atom. The summed E-state index contributed by atoms with van der Waals surface area (Å²) < 4.78 is 36.1. The highest BCUT2D eigenvalue weighted by Crippen LogP contribution is 2.36. The molecule has 28 heavy (non-hydrogen) atoms. The molecule has 0 bridgehead atoms. The zero-order valence-corrected chi connectivity index (χ0v) is 17.5. The Bertz CT molecular complexity index is 1010. The number of carbonyl (C=O) groups excluding carboxylic acids is 2. The van der Waals surface area contributed by atoms with Crippen LogP contribution in [0.3, 0.4) is 0 Å². The molecular weight excluding hydrogens is 430 g/mol. The van der Waals surface area contributed by atoms with E-state index in [0.717, 1.165) is 11.3 Å². The lowest BCUT2D eigenvalue weighted by Crippen LogP contribution is -2.34. The SMILES string of the molecule is COc1ccc(Cl)cc1C(=O)NC(C)c1cc(OC)c(S(=O)(=O)NC(N)=O)s1. The van der Waals surface area contributed by atoms with Gasteiger partial charge in [0.25, 0.3) is 15.9 Å². The Balaban J connectivity index is 2.30. The number of benzene rings is 1. The quantitative estimate of drug-likeness (QED) is 0.595. The predicted octanol–water partition coefficient (Wildman–Crippen LogP) is 2.27. The molecule has 0 radical (unpaired) electrons. The highest BCUT2D eigenvalue weighted by Gasteiger charge is 2.27. The minimum absolute atomic E-state index is 0.0233. The second-order valence-electron chi connectivity index (χ2n) is 5.51.